The fourth-order valence-corrected chi connectivity index (χ4v) is 5.12. The Morgan fingerprint density at radius 1 is 1.11 bits per heavy atom. The van der Waals surface area contributed by atoms with Gasteiger partial charge in [-0.1, -0.05) is 6.07 Å². The van der Waals surface area contributed by atoms with Gasteiger partial charge in [0.05, 0.1) is 35.1 Å². The standard InChI is InChI=1S/C26H29N7O2/c1-16-12-18-13-22(29-16)20-15-28-32(2)25(20)35-11-5-3-4-10-33-23-19-14-27-9-8-17(19)6-7-21(23)30-26(33)31-24(18)34/h6-7,12-13,15,27H,3-5,8-11,14H2,1-2H3,(H,30,31,34). The van der Waals surface area contributed by atoms with Gasteiger partial charge >= 0.3 is 0 Å². The van der Waals surface area contributed by atoms with E-state index in [0.29, 0.717) is 29.7 Å². The van der Waals surface area contributed by atoms with E-state index in [1.54, 1.807) is 23.0 Å². The van der Waals surface area contributed by atoms with Crippen LogP contribution in [0.4, 0.5) is 5.95 Å². The van der Waals surface area contributed by atoms with E-state index in [-0.39, 0.29) is 5.91 Å². The molecule has 9 nitrogen and oxygen atoms in total. The molecule has 2 aliphatic rings. The Kier molecular flexibility index (Phi) is 5.49. The molecule has 180 valence electrons. The molecule has 5 heterocycles. The topological polar surface area (TPSA) is 98.9 Å². The third-order valence-electron chi connectivity index (χ3n) is 6.85. The highest BCUT2D eigenvalue weighted by atomic mass is 16.5. The number of aromatic nitrogens is 5. The van der Waals surface area contributed by atoms with E-state index in [0.717, 1.165) is 67.6 Å². The summed E-state index contributed by atoms with van der Waals surface area (Å²) in [5.41, 5.74) is 7.41. The number of rotatable bonds is 0. The SMILES string of the molecule is Cc1cc2cc(n1)-c1cnn(C)c1OCCCCCn1c(nc3ccc4c(c31)CNCC4)NC2=O. The van der Waals surface area contributed by atoms with Crippen LogP contribution in [-0.4, -0.2) is 43.4 Å². The zero-order valence-electron chi connectivity index (χ0n) is 20.1. The molecule has 2 aliphatic heterocycles. The second kappa shape index (κ2) is 8.81. The number of anilines is 1. The minimum absolute atomic E-state index is 0.207. The van der Waals surface area contributed by atoms with Gasteiger partial charge < -0.3 is 14.6 Å². The van der Waals surface area contributed by atoms with Gasteiger partial charge in [0.25, 0.3) is 5.91 Å². The highest BCUT2D eigenvalue weighted by Crippen LogP contribution is 2.31. The van der Waals surface area contributed by atoms with Gasteiger partial charge in [-0.3, -0.25) is 15.1 Å². The quantitative estimate of drug-likeness (QED) is 0.407. The number of aryl methyl sites for hydroxylation is 3. The molecule has 2 N–H and O–H groups in total. The number of hydrogen-bond donors (Lipinski definition) is 2. The van der Waals surface area contributed by atoms with Crippen molar-refractivity contribution in [2.75, 3.05) is 18.5 Å². The number of benzene rings is 1. The smallest absolute Gasteiger partial charge is 0.258 e. The summed E-state index contributed by atoms with van der Waals surface area (Å²) in [6.07, 6.45) is 5.63. The van der Waals surface area contributed by atoms with Gasteiger partial charge in [-0.15, -0.1) is 0 Å². The van der Waals surface area contributed by atoms with Gasteiger partial charge in [0.15, 0.2) is 0 Å². The van der Waals surface area contributed by atoms with E-state index in [1.165, 1.54) is 11.1 Å². The van der Waals surface area contributed by atoms with Gasteiger partial charge in [0.2, 0.25) is 11.8 Å². The molecule has 0 spiro atoms. The summed E-state index contributed by atoms with van der Waals surface area (Å²) in [5.74, 6) is 1.05. The van der Waals surface area contributed by atoms with Gasteiger partial charge in [-0.05, 0) is 68.5 Å². The lowest BCUT2D eigenvalue weighted by atomic mass is 9.99. The van der Waals surface area contributed by atoms with Crippen LogP contribution in [0.15, 0.2) is 30.5 Å². The molecule has 0 unspecified atom stereocenters. The number of carbonyl (C=O) groups is 1. The largest absolute Gasteiger partial charge is 0.477 e. The lowest BCUT2D eigenvalue weighted by Crippen LogP contribution is -2.24. The van der Waals surface area contributed by atoms with Crippen molar-refractivity contribution in [3.05, 3.63) is 52.8 Å². The summed E-state index contributed by atoms with van der Waals surface area (Å²) in [6, 6.07) is 7.85. The van der Waals surface area contributed by atoms with Crippen molar-refractivity contribution >= 4 is 22.9 Å². The Hall–Kier alpha value is -3.72. The van der Waals surface area contributed by atoms with Crippen molar-refractivity contribution in [3.8, 4) is 17.1 Å². The van der Waals surface area contributed by atoms with E-state index in [2.05, 4.69) is 37.4 Å². The predicted molar refractivity (Wildman–Crippen MR) is 134 cm³/mol. The molecular formula is C26H29N7O2. The van der Waals surface area contributed by atoms with Crippen molar-refractivity contribution in [1.29, 1.82) is 0 Å². The van der Waals surface area contributed by atoms with Crippen LogP contribution >= 0.6 is 0 Å². The molecule has 6 rings (SSSR count). The molecule has 0 aliphatic carbocycles. The Morgan fingerprint density at radius 3 is 2.94 bits per heavy atom. The first-order valence-corrected chi connectivity index (χ1v) is 12.3. The van der Waals surface area contributed by atoms with E-state index in [9.17, 15) is 4.79 Å². The summed E-state index contributed by atoms with van der Waals surface area (Å²) < 4.78 is 10.0. The van der Waals surface area contributed by atoms with E-state index >= 15 is 0 Å². The molecule has 0 saturated carbocycles. The summed E-state index contributed by atoms with van der Waals surface area (Å²) in [5, 5.41) is 11.0. The molecule has 3 aromatic heterocycles. The molecule has 2 bridgehead atoms. The molecule has 1 amide bonds. The minimum Gasteiger partial charge on any atom is -0.477 e. The molecule has 0 radical (unpaired) electrons. The van der Waals surface area contributed by atoms with Crippen LogP contribution in [0.2, 0.25) is 0 Å². The number of carbonyl (C=O) groups excluding carboxylic acids is 1. The highest BCUT2D eigenvalue weighted by Gasteiger charge is 2.22. The van der Waals surface area contributed by atoms with Gasteiger partial charge in [0, 0.05) is 31.4 Å². The summed E-state index contributed by atoms with van der Waals surface area (Å²) in [6.45, 7) is 5.07. The molecule has 35 heavy (non-hydrogen) atoms. The first kappa shape index (κ1) is 21.8. The van der Waals surface area contributed by atoms with E-state index in [4.69, 9.17) is 9.72 Å². The van der Waals surface area contributed by atoms with Gasteiger partial charge in [-0.2, -0.15) is 5.10 Å². The second-order valence-electron chi connectivity index (χ2n) is 9.32. The third-order valence-corrected chi connectivity index (χ3v) is 6.85. The van der Waals surface area contributed by atoms with Crippen molar-refractivity contribution < 1.29 is 9.53 Å². The van der Waals surface area contributed by atoms with E-state index in [1.807, 2.05) is 14.0 Å². The normalized spacial score (nSPS) is 16.3. The predicted octanol–water partition coefficient (Wildman–Crippen LogP) is 3.60. The fraction of sp³-hybridized carbons (Fsp3) is 0.385. The van der Waals surface area contributed by atoms with Crippen LogP contribution in [0.25, 0.3) is 22.3 Å². The van der Waals surface area contributed by atoms with Crippen LogP contribution in [0.3, 0.4) is 0 Å². The Morgan fingerprint density at radius 2 is 2.03 bits per heavy atom. The van der Waals surface area contributed by atoms with Crippen LogP contribution in [0.5, 0.6) is 5.88 Å². The number of hydrogen-bond acceptors (Lipinski definition) is 6. The van der Waals surface area contributed by atoms with Crippen LogP contribution in [-0.2, 0) is 26.6 Å². The maximum Gasteiger partial charge on any atom is 0.258 e. The Balaban J connectivity index is 1.46. The number of amides is 1. The van der Waals surface area contributed by atoms with E-state index < -0.39 is 0 Å². The van der Waals surface area contributed by atoms with Crippen LogP contribution in [0, 0.1) is 6.92 Å². The van der Waals surface area contributed by atoms with Crippen molar-refractivity contribution in [2.24, 2.45) is 7.05 Å². The lowest BCUT2D eigenvalue weighted by Gasteiger charge is -2.19. The summed E-state index contributed by atoms with van der Waals surface area (Å²) in [7, 11) is 1.86. The molecule has 0 fully saturated rings. The van der Waals surface area contributed by atoms with Crippen LogP contribution in [0.1, 0.15) is 46.4 Å². The van der Waals surface area contributed by atoms with Crippen LogP contribution < -0.4 is 15.4 Å². The van der Waals surface area contributed by atoms with Gasteiger partial charge in [-0.25, -0.2) is 9.67 Å². The van der Waals surface area contributed by atoms with Crippen molar-refractivity contribution in [3.63, 3.8) is 0 Å². The lowest BCUT2D eigenvalue weighted by molar-refractivity contribution is 0.102. The average molecular weight is 472 g/mol. The Labute approximate surface area is 203 Å². The number of fused-ring (bicyclic) bond motifs is 9. The average Bonchev–Trinajstić information content (AvgIpc) is 3.40. The second-order valence-corrected chi connectivity index (χ2v) is 9.32. The molecular weight excluding hydrogens is 442 g/mol. The highest BCUT2D eigenvalue weighted by molar-refractivity contribution is 6.05. The first-order chi connectivity index (χ1) is 17.1. The van der Waals surface area contributed by atoms with Crippen molar-refractivity contribution in [1.82, 2.24) is 29.6 Å². The van der Waals surface area contributed by atoms with Crippen molar-refractivity contribution in [2.45, 2.75) is 45.7 Å². The zero-order valence-corrected chi connectivity index (χ0v) is 20.1. The Bertz CT molecular complexity index is 1440. The summed E-state index contributed by atoms with van der Waals surface area (Å²) in [4.78, 5) is 23.0. The minimum atomic E-state index is -0.207. The maximum absolute atomic E-state index is 13.5. The molecule has 0 atom stereocenters. The zero-order chi connectivity index (χ0) is 23.9. The summed E-state index contributed by atoms with van der Waals surface area (Å²) >= 11 is 0. The number of ether oxygens (including phenoxy) is 1. The number of pyridine rings is 1. The fourth-order valence-electron chi connectivity index (χ4n) is 5.12. The number of nitrogens with zero attached hydrogens (tertiary/aromatic N) is 5. The molecule has 1 aromatic carbocycles. The molecule has 9 heteroatoms. The molecule has 4 aromatic rings. The first-order valence-electron chi connectivity index (χ1n) is 12.3. The number of imidazole rings is 1. The third kappa shape index (κ3) is 3.95. The molecule has 0 saturated heterocycles. The van der Waals surface area contributed by atoms with Gasteiger partial charge in [0.1, 0.15) is 0 Å². The maximum atomic E-state index is 13.5. The monoisotopic (exact) mass is 471 g/mol. The number of nitrogens with one attached hydrogen (secondary N) is 2.